The minimum absolute atomic E-state index is 0.0502. The normalized spacial score (nSPS) is 8.82. The van der Waals surface area contributed by atoms with Crippen LogP contribution in [0.1, 0.15) is 22.8 Å². The number of rotatable bonds is 4. The lowest BCUT2D eigenvalue weighted by molar-refractivity contribution is -0.122. The van der Waals surface area contributed by atoms with Crippen LogP contribution in [0.4, 0.5) is 0 Å². The summed E-state index contributed by atoms with van der Waals surface area (Å²) in [7, 11) is 0. The highest BCUT2D eigenvalue weighted by atomic mass is 16.3. The number of carboxylic acid groups (broad SMARTS) is 1. The Morgan fingerprint density at radius 1 is 1.53 bits per heavy atom. The van der Waals surface area contributed by atoms with Crippen molar-refractivity contribution in [3.8, 4) is 0 Å². The molecule has 0 atom stereocenters. The first-order valence-corrected chi connectivity index (χ1v) is 5.34. The van der Waals surface area contributed by atoms with Gasteiger partial charge in [-0.1, -0.05) is 19.1 Å². The molecule has 1 rings (SSSR count). The van der Waals surface area contributed by atoms with Gasteiger partial charge in [-0.3, -0.25) is 9.59 Å². The van der Waals surface area contributed by atoms with Crippen molar-refractivity contribution in [3.05, 3.63) is 35.4 Å². The molecule has 1 amide bonds. The number of hydrogen-bond acceptors (Lipinski definition) is 3. The fraction of sp³-hybridized carbons (Fsp3) is 0.333. The zero-order chi connectivity index (χ0) is 13.1. The zero-order valence-electron chi connectivity index (χ0n) is 9.85. The van der Waals surface area contributed by atoms with Crippen molar-refractivity contribution in [2.45, 2.75) is 13.3 Å². The second-order valence-electron chi connectivity index (χ2n) is 3.20. The molecule has 0 bridgehead atoms. The molecule has 0 aliphatic carbocycles. The molecule has 0 unspecified atom stereocenters. The van der Waals surface area contributed by atoms with Crippen LogP contribution < -0.4 is 11.1 Å². The lowest BCUT2D eigenvalue weighted by atomic mass is 10.1. The zero-order valence-corrected chi connectivity index (χ0v) is 9.85. The van der Waals surface area contributed by atoms with E-state index < -0.39 is 0 Å². The van der Waals surface area contributed by atoms with Gasteiger partial charge in [-0.2, -0.15) is 0 Å². The largest absolute Gasteiger partial charge is 0.483 e. The topological polar surface area (TPSA) is 92.4 Å². The fourth-order valence-electron chi connectivity index (χ4n) is 1.22. The molecule has 17 heavy (non-hydrogen) atoms. The van der Waals surface area contributed by atoms with E-state index in [1.54, 1.807) is 0 Å². The summed E-state index contributed by atoms with van der Waals surface area (Å²) in [4.78, 5) is 19.9. The number of aryl methyl sites for hydroxylation is 1. The van der Waals surface area contributed by atoms with Gasteiger partial charge in [0.15, 0.2) is 0 Å². The maximum absolute atomic E-state index is 11.5. The average molecular weight is 238 g/mol. The van der Waals surface area contributed by atoms with Crippen LogP contribution in [0, 0.1) is 0 Å². The molecule has 0 spiro atoms. The lowest BCUT2D eigenvalue weighted by Crippen LogP contribution is -2.28. The van der Waals surface area contributed by atoms with E-state index in [1.807, 2.05) is 24.3 Å². The molecule has 0 radical (unpaired) electrons. The molecule has 0 fully saturated rings. The minimum Gasteiger partial charge on any atom is -0.483 e. The third kappa shape index (κ3) is 6.32. The highest BCUT2D eigenvalue weighted by Crippen LogP contribution is 2.05. The lowest BCUT2D eigenvalue weighted by Gasteiger charge is -2.04. The van der Waals surface area contributed by atoms with E-state index in [4.69, 9.17) is 15.6 Å². The predicted octanol–water partition coefficient (Wildman–Crippen LogP) is 0.638. The molecule has 5 heteroatoms. The molecular weight excluding hydrogens is 220 g/mol. The Kier molecular flexibility index (Phi) is 8.32. The summed E-state index contributed by atoms with van der Waals surface area (Å²) in [5.74, 6) is -0.0502. The molecule has 0 aliphatic rings. The SMILES string of the molecule is CCc1cccc(C(=O)NCCN)c1.O=CO. The number of carbonyl (C=O) groups is 2. The summed E-state index contributed by atoms with van der Waals surface area (Å²) >= 11 is 0. The van der Waals surface area contributed by atoms with E-state index in [0.717, 1.165) is 6.42 Å². The van der Waals surface area contributed by atoms with Crippen LogP contribution in [0.3, 0.4) is 0 Å². The molecule has 1 aromatic carbocycles. The van der Waals surface area contributed by atoms with Crippen LogP contribution in [0.25, 0.3) is 0 Å². The Balaban J connectivity index is 0.000000770. The van der Waals surface area contributed by atoms with Crippen LogP contribution >= 0.6 is 0 Å². The third-order valence-electron chi connectivity index (χ3n) is 2.03. The van der Waals surface area contributed by atoms with E-state index in [9.17, 15) is 4.79 Å². The monoisotopic (exact) mass is 238 g/mol. The van der Waals surface area contributed by atoms with Crippen molar-refractivity contribution in [3.63, 3.8) is 0 Å². The van der Waals surface area contributed by atoms with Crippen molar-refractivity contribution in [1.82, 2.24) is 5.32 Å². The van der Waals surface area contributed by atoms with Crippen molar-refractivity contribution in [1.29, 1.82) is 0 Å². The van der Waals surface area contributed by atoms with Gasteiger partial charge in [-0.05, 0) is 24.1 Å². The van der Waals surface area contributed by atoms with Gasteiger partial charge < -0.3 is 16.2 Å². The van der Waals surface area contributed by atoms with Gasteiger partial charge >= 0.3 is 0 Å². The second-order valence-corrected chi connectivity index (χ2v) is 3.20. The second kappa shape index (κ2) is 9.35. The molecular formula is C12H18N2O3. The summed E-state index contributed by atoms with van der Waals surface area (Å²) in [5, 5.41) is 9.62. The highest BCUT2D eigenvalue weighted by Gasteiger charge is 2.03. The molecule has 0 aromatic heterocycles. The molecule has 1 aromatic rings. The van der Waals surface area contributed by atoms with Crippen LogP contribution in [0.2, 0.25) is 0 Å². The Hall–Kier alpha value is -1.88. The molecule has 0 heterocycles. The van der Waals surface area contributed by atoms with Crippen LogP contribution in [-0.4, -0.2) is 30.6 Å². The first kappa shape index (κ1) is 15.1. The van der Waals surface area contributed by atoms with Gasteiger partial charge in [0.1, 0.15) is 0 Å². The van der Waals surface area contributed by atoms with Gasteiger partial charge in [-0.15, -0.1) is 0 Å². The van der Waals surface area contributed by atoms with E-state index in [0.29, 0.717) is 18.7 Å². The Labute approximate surface area is 101 Å². The Morgan fingerprint density at radius 3 is 2.71 bits per heavy atom. The Bertz CT molecular complexity index is 353. The molecule has 0 saturated carbocycles. The van der Waals surface area contributed by atoms with Gasteiger partial charge in [0.25, 0.3) is 12.4 Å². The average Bonchev–Trinajstić information content (AvgIpc) is 2.37. The number of nitrogens with two attached hydrogens (primary N) is 1. The molecule has 94 valence electrons. The maximum atomic E-state index is 11.5. The standard InChI is InChI=1S/C11H16N2O.CH2O2/c1-2-9-4-3-5-10(8-9)11(14)13-7-6-12;2-1-3/h3-5,8H,2,6-7,12H2,1H3,(H,13,14);1H,(H,2,3). The van der Waals surface area contributed by atoms with E-state index in [1.165, 1.54) is 5.56 Å². The van der Waals surface area contributed by atoms with E-state index in [2.05, 4.69) is 12.2 Å². The van der Waals surface area contributed by atoms with Crippen molar-refractivity contribution >= 4 is 12.4 Å². The third-order valence-corrected chi connectivity index (χ3v) is 2.03. The summed E-state index contributed by atoms with van der Waals surface area (Å²) in [5.41, 5.74) is 7.17. The van der Waals surface area contributed by atoms with Crippen LogP contribution in [0.15, 0.2) is 24.3 Å². The summed E-state index contributed by atoms with van der Waals surface area (Å²) in [6.45, 7) is 2.81. The van der Waals surface area contributed by atoms with Crippen LogP contribution in [0.5, 0.6) is 0 Å². The van der Waals surface area contributed by atoms with Gasteiger partial charge in [0.2, 0.25) is 0 Å². The van der Waals surface area contributed by atoms with Gasteiger partial charge in [0.05, 0.1) is 0 Å². The molecule has 4 N–H and O–H groups in total. The predicted molar refractivity (Wildman–Crippen MR) is 65.9 cm³/mol. The summed E-state index contributed by atoms with van der Waals surface area (Å²) in [6.07, 6.45) is 0.942. The number of nitrogens with one attached hydrogen (secondary N) is 1. The van der Waals surface area contributed by atoms with E-state index in [-0.39, 0.29) is 12.4 Å². The van der Waals surface area contributed by atoms with Gasteiger partial charge in [-0.25, -0.2) is 0 Å². The van der Waals surface area contributed by atoms with Crippen molar-refractivity contribution < 1.29 is 14.7 Å². The minimum atomic E-state index is -0.250. The number of benzene rings is 1. The Morgan fingerprint density at radius 2 is 2.18 bits per heavy atom. The van der Waals surface area contributed by atoms with Crippen LogP contribution in [-0.2, 0) is 11.2 Å². The number of carbonyl (C=O) groups excluding carboxylic acids is 1. The molecule has 5 nitrogen and oxygen atoms in total. The summed E-state index contributed by atoms with van der Waals surface area (Å²) in [6, 6.07) is 7.63. The number of amides is 1. The number of hydrogen-bond donors (Lipinski definition) is 3. The van der Waals surface area contributed by atoms with Crippen molar-refractivity contribution in [2.24, 2.45) is 5.73 Å². The smallest absolute Gasteiger partial charge is 0.290 e. The maximum Gasteiger partial charge on any atom is 0.290 e. The quantitative estimate of drug-likeness (QED) is 0.671. The summed E-state index contributed by atoms with van der Waals surface area (Å²) < 4.78 is 0. The first-order valence-electron chi connectivity index (χ1n) is 5.34. The van der Waals surface area contributed by atoms with E-state index >= 15 is 0 Å². The fourth-order valence-corrected chi connectivity index (χ4v) is 1.22. The molecule has 0 aliphatic heterocycles. The van der Waals surface area contributed by atoms with Crippen molar-refractivity contribution in [2.75, 3.05) is 13.1 Å². The highest BCUT2D eigenvalue weighted by molar-refractivity contribution is 5.94. The molecule has 0 saturated heterocycles. The van der Waals surface area contributed by atoms with Gasteiger partial charge in [0, 0.05) is 18.7 Å². The first-order chi connectivity index (χ1) is 8.19.